The van der Waals surface area contributed by atoms with Gasteiger partial charge in [0.2, 0.25) is 0 Å². The molecular weight excluding hydrogens is 211 g/mol. The molecule has 1 aliphatic rings. The Bertz CT molecular complexity index is 136. The summed E-state index contributed by atoms with van der Waals surface area (Å²) in [7, 11) is 0. The summed E-state index contributed by atoms with van der Waals surface area (Å²) in [6, 6.07) is 0. The average Bonchev–Trinajstić information content (AvgIpc) is 2.12. The summed E-state index contributed by atoms with van der Waals surface area (Å²) in [6.07, 6.45) is 8.00. The third-order valence-electron chi connectivity index (χ3n) is 1.41. The average molecular weight is 223 g/mol. The first kappa shape index (κ1) is 9.65. The van der Waals surface area contributed by atoms with Gasteiger partial charge in [-0.15, -0.1) is 12.4 Å². The van der Waals surface area contributed by atoms with E-state index < -0.39 is 21.8 Å². The first-order chi connectivity index (χ1) is 3.80. The van der Waals surface area contributed by atoms with Gasteiger partial charge >= 0.3 is 58.9 Å². The fourth-order valence-corrected chi connectivity index (χ4v) is 3.17. The van der Waals surface area contributed by atoms with Crippen LogP contribution in [0.1, 0.15) is 6.42 Å². The molecule has 9 heavy (non-hydrogen) atoms. The van der Waals surface area contributed by atoms with Gasteiger partial charge in [0.05, 0.1) is 0 Å². The molecule has 0 atom stereocenters. The zero-order valence-electron chi connectivity index (χ0n) is 5.85. The molecule has 0 unspecified atom stereocenters. The van der Waals surface area contributed by atoms with E-state index in [0.29, 0.717) is 0 Å². The van der Waals surface area contributed by atoms with Gasteiger partial charge < -0.3 is 0 Å². The van der Waals surface area contributed by atoms with Gasteiger partial charge in [0.1, 0.15) is 0 Å². The van der Waals surface area contributed by atoms with Crippen molar-refractivity contribution >= 4 is 12.4 Å². The molecule has 0 fully saturated rings. The SMILES string of the molecule is Cl.[CH3][Zr]([CH3])[C]1=CC=CC1. The van der Waals surface area contributed by atoms with E-state index in [2.05, 4.69) is 27.5 Å². The van der Waals surface area contributed by atoms with E-state index in [1.54, 1.807) is 3.28 Å². The fourth-order valence-electron chi connectivity index (χ4n) is 0.818. The Labute approximate surface area is 71.1 Å². The number of halogens is 1. The number of hydrogen-bond donors (Lipinski definition) is 0. The number of allylic oxidation sites excluding steroid dienone is 4. The maximum absolute atomic E-state index is 2.43. The minimum atomic E-state index is -0.909. The van der Waals surface area contributed by atoms with Gasteiger partial charge in [0.15, 0.2) is 0 Å². The first-order valence-corrected chi connectivity index (χ1v) is 9.11. The molecule has 0 bridgehead atoms. The van der Waals surface area contributed by atoms with Crippen molar-refractivity contribution in [2.24, 2.45) is 0 Å². The second-order valence-corrected chi connectivity index (χ2v) is 8.82. The molecule has 1 rings (SSSR count). The van der Waals surface area contributed by atoms with Gasteiger partial charge in [-0.2, -0.15) is 0 Å². The van der Waals surface area contributed by atoms with Crippen LogP contribution in [-0.4, -0.2) is 0 Å². The zero-order chi connectivity index (χ0) is 5.98. The molecule has 0 heterocycles. The van der Waals surface area contributed by atoms with E-state index in [1.807, 2.05) is 0 Å². The van der Waals surface area contributed by atoms with Crippen LogP contribution < -0.4 is 0 Å². The van der Waals surface area contributed by atoms with Gasteiger partial charge in [0.25, 0.3) is 0 Å². The van der Waals surface area contributed by atoms with E-state index in [4.69, 9.17) is 0 Å². The molecule has 2 heteroatoms. The van der Waals surface area contributed by atoms with Gasteiger partial charge in [-0.1, -0.05) is 0 Å². The zero-order valence-corrected chi connectivity index (χ0v) is 9.12. The quantitative estimate of drug-likeness (QED) is 0.640. The van der Waals surface area contributed by atoms with Crippen molar-refractivity contribution in [3.63, 3.8) is 0 Å². The van der Waals surface area contributed by atoms with Crippen LogP contribution in [0.3, 0.4) is 0 Å². The normalized spacial score (nSPS) is 14.7. The minimum absolute atomic E-state index is 0. The van der Waals surface area contributed by atoms with E-state index in [-0.39, 0.29) is 12.4 Å². The molecule has 51 valence electrons. The Morgan fingerprint density at radius 2 is 2.11 bits per heavy atom. The monoisotopic (exact) mass is 221 g/mol. The summed E-state index contributed by atoms with van der Waals surface area (Å²) in [5.74, 6) is 0. The summed E-state index contributed by atoms with van der Waals surface area (Å²) >= 11 is -0.909. The Balaban J connectivity index is 0.000000640. The molecule has 1 aliphatic carbocycles. The Hall–Kier alpha value is 0.653. The van der Waals surface area contributed by atoms with Crippen LogP contribution in [0.5, 0.6) is 0 Å². The fraction of sp³-hybridized carbons (Fsp3) is 0.429. The Kier molecular flexibility index (Phi) is 4.79. The predicted molar refractivity (Wildman–Crippen MR) is 40.8 cm³/mol. The summed E-state index contributed by atoms with van der Waals surface area (Å²) in [4.78, 5) is 0. The summed E-state index contributed by atoms with van der Waals surface area (Å²) in [5.41, 5.74) is 0. The van der Waals surface area contributed by atoms with E-state index in [9.17, 15) is 0 Å². The van der Waals surface area contributed by atoms with E-state index >= 15 is 0 Å². The molecule has 0 N–H and O–H groups in total. The third kappa shape index (κ3) is 2.82. The van der Waals surface area contributed by atoms with Crippen molar-refractivity contribution in [2.45, 2.75) is 15.7 Å². The summed E-state index contributed by atoms with van der Waals surface area (Å²) in [6.45, 7) is 0. The molecule has 0 saturated carbocycles. The number of hydrogen-bond acceptors (Lipinski definition) is 0. The Morgan fingerprint density at radius 3 is 2.33 bits per heavy atom. The maximum atomic E-state index is 2.43. The van der Waals surface area contributed by atoms with Crippen LogP contribution in [0.25, 0.3) is 0 Å². The summed E-state index contributed by atoms with van der Waals surface area (Å²) < 4.78 is 6.62. The molecule has 0 nitrogen and oxygen atoms in total. The van der Waals surface area contributed by atoms with Crippen LogP contribution >= 0.6 is 12.4 Å². The van der Waals surface area contributed by atoms with E-state index in [0.717, 1.165) is 0 Å². The third-order valence-corrected chi connectivity index (χ3v) is 5.48. The van der Waals surface area contributed by atoms with Crippen molar-refractivity contribution < 1.29 is 21.8 Å². The van der Waals surface area contributed by atoms with Crippen molar-refractivity contribution in [3.05, 3.63) is 21.5 Å². The van der Waals surface area contributed by atoms with Crippen LogP contribution in [-0.2, 0) is 21.8 Å². The van der Waals surface area contributed by atoms with Gasteiger partial charge in [-0.25, -0.2) is 0 Å². The molecule has 0 spiro atoms. The molecule has 0 amide bonds. The standard InChI is InChI=1S/C5H5.2CH3.ClH.Zr/c1-2-4-5-3-1;;;;/h1-3H,4H2;2*1H3;1H;. The van der Waals surface area contributed by atoms with Crippen LogP contribution in [0.2, 0.25) is 9.26 Å². The molecular formula is C7H12ClZr. The molecule has 0 aliphatic heterocycles. The van der Waals surface area contributed by atoms with Crippen LogP contribution in [0.4, 0.5) is 0 Å². The second kappa shape index (κ2) is 4.47. The molecule has 0 aromatic rings. The van der Waals surface area contributed by atoms with Crippen molar-refractivity contribution in [2.75, 3.05) is 0 Å². The Morgan fingerprint density at radius 1 is 1.44 bits per heavy atom. The topological polar surface area (TPSA) is 0 Å². The van der Waals surface area contributed by atoms with Gasteiger partial charge in [-0.3, -0.25) is 0 Å². The van der Waals surface area contributed by atoms with Crippen molar-refractivity contribution in [1.29, 1.82) is 0 Å². The van der Waals surface area contributed by atoms with Gasteiger partial charge in [0, 0.05) is 0 Å². The second-order valence-electron chi connectivity index (χ2n) is 2.32. The number of rotatable bonds is 1. The molecule has 0 aromatic heterocycles. The van der Waals surface area contributed by atoms with Crippen LogP contribution in [0.15, 0.2) is 21.5 Å². The van der Waals surface area contributed by atoms with Gasteiger partial charge in [-0.05, 0) is 0 Å². The molecule has 0 aromatic carbocycles. The van der Waals surface area contributed by atoms with E-state index in [1.165, 1.54) is 6.42 Å². The van der Waals surface area contributed by atoms with Crippen molar-refractivity contribution in [1.82, 2.24) is 0 Å². The first-order valence-electron chi connectivity index (χ1n) is 2.97. The van der Waals surface area contributed by atoms with Crippen LogP contribution in [0, 0.1) is 0 Å². The molecule has 0 radical (unpaired) electrons. The summed E-state index contributed by atoms with van der Waals surface area (Å²) in [5, 5.41) is 0. The molecule has 0 saturated heterocycles. The van der Waals surface area contributed by atoms with Crippen molar-refractivity contribution in [3.8, 4) is 0 Å². The predicted octanol–water partition coefficient (Wildman–Crippen LogP) is 2.97.